The predicted octanol–water partition coefficient (Wildman–Crippen LogP) is 0.799. The Morgan fingerprint density at radius 3 is 2.74 bits per heavy atom. The van der Waals surface area contributed by atoms with Gasteiger partial charge in [-0.05, 0) is 28.5 Å². The van der Waals surface area contributed by atoms with Crippen molar-refractivity contribution in [3.8, 4) is 0 Å². The molecule has 0 saturated carbocycles. The Bertz CT molecular complexity index is 646. The summed E-state index contributed by atoms with van der Waals surface area (Å²) in [4.78, 5) is 36.2. The first-order valence-electron chi connectivity index (χ1n) is 7.26. The molecule has 7 nitrogen and oxygen atoms in total. The van der Waals surface area contributed by atoms with Crippen molar-refractivity contribution in [2.24, 2.45) is 0 Å². The zero-order valence-corrected chi connectivity index (χ0v) is 13.2. The normalized spacial score (nSPS) is 15.9. The molecular formula is C15H16N4O3S. The Kier molecular flexibility index (Phi) is 4.52. The molecule has 2 aromatic heterocycles. The lowest BCUT2D eigenvalue weighted by molar-refractivity contribution is -0.142. The van der Waals surface area contributed by atoms with Crippen LogP contribution in [-0.2, 0) is 14.4 Å². The Morgan fingerprint density at radius 1 is 1.35 bits per heavy atom. The second kappa shape index (κ2) is 6.74. The van der Waals surface area contributed by atoms with Crippen LogP contribution in [0, 0.1) is 0 Å². The molecule has 8 heteroatoms. The summed E-state index contributed by atoms with van der Waals surface area (Å²) in [6.45, 7) is 0.126. The van der Waals surface area contributed by atoms with Crippen molar-refractivity contribution in [1.82, 2.24) is 20.0 Å². The molecule has 3 heterocycles. The fourth-order valence-electron chi connectivity index (χ4n) is 2.50. The van der Waals surface area contributed by atoms with Crippen LogP contribution in [0.4, 0.5) is 0 Å². The summed E-state index contributed by atoms with van der Waals surface area (Å²) in [5.74, 6) is -0.917. The number of aromatic nitrogens is 2. The van der Waals surface area contributed by atoms with Crippen LogP contribution in [0.1, 0.15) is 24.4 Å². The fourth-order valence-corrected chi connectivity index (χ4v) is 3.21. The molecule has 2 aromatic rings. The molecule has 0 bridgehead atoms. The molecule has 1 unspecified atom stereocenters. The Balaban J connectivity index is 1.62. The third-order valence-corrected chi connectivity index (χ3v) is 4.42. The third kappa shape index (κ3) is 3.48. The number of nitrogens with one attached hydrogen (secondary N) is 1. The van der Waals surface area contributed by atoms with Gasteiger partial charge in [0.1, 0.15) is 6.54 Å². The standard InChI is InChI=1S/C15H16N4O3S/c20-13(9-18-14(21)2-3-15(18)22)16-8-12(11-4-7-23-10-11)19-6-1-5-17-19/h1,4-7,10,12H,2-3,8-9H2,(H,16,20). The molecule has 0 spiro atoms. The second-order valence-corrected chi connectivity index (χ2v) is 6.02. The molecule has 3 amide bonds. The summed E-state index contributed by atoms with van der Waals surface area (Å²) >= 11 is 1.57. The molecule has 1 saturated heterocycles. The first kappa shape index (κ1) is 15.4. The van der Waals surface area contributed by atoms with Crippen molar-refractivity contribution in [2.45, 2.75) is 18.9 Å². The molecule has 1 N–H and O–H groups in total. The highest BCUT2D eigenvalue weighted by Crippen LogP contribution is 2.19. The van der Waals surface area contributed by atoms with E-state index in [0.717, 1.165) is 10.5 Å². The van der Waals surface area contributed by atoms with Crippen molar-refractivity contribution in [2.75, 3.05) is 13.1 Å². The van der Waals surface area contributed by atoms with Gasteiger partial charge in [0.15, 0.2) is 0 Å². The van der Waals surface area contributed by atoms with Gasteiger partial charge in [0, 0.05) is 31.8 Å². The highest BCUT2D eigenvalue weighted by atomic mass is 32.1. The second-order valence-electron chi connectivity index (χ2n) is 5.24. The number of nitrogens with zero attached hydrogens (tertiary/aromatic N) is 3. The maximum atomic E-state index is 12.0. The van der Waals surface area contributed by atoms with E-state index in [2.05, 4.69) is 10.4 Å². The van der Waals surface area contributed by atoms with Gasteiger partial charge in [0.05, 0.1) is 6.04 Å². The van der Waals surface area contributed by atoms with E-state index in [-0.39, 0.29) is 43.1 Å². The van der Waals surface area contributed by atoms with Crippen LogP contribution in [0.25, 0.3) is 0 Å². The molecule has 0 radical (unpaired) electrons. The quantitative estimate of drug-likeness (QED) is 0.793. The van der Waals surface area contributed by atoms with Crippen molar-refractivity contribution in [3.05, 3.63) is 40.8 Å². The van der Waals surface area contributed by atoms with Gasteiger partial charge >= 0.3 is 0 Å². The van der Waals surface area contributed by atoms with Crippen LogP contribution < -0.4 is 5.32 Å². The lowest BCUT2D eigenvalue weighted by Gasteiger charge is -2.19. The van der Waals surface area contributed by atoms with Gasteiger partial charge in [-0.1, -0.05) is 0 Å². The number of rotatable bonds is 6. The van der Waals surface area contributed by atoms with E-state index in [1.807, 2.05) is 29.1 Å². The summed E-state index contributed by atoms with van der Waals surface area (Å²) in [6, 6.07) is 3.68. The number of hydrogen-bond acceptors (Lipinski definition) is 5. The minimum atomic E-state index is -0.346. The van der Waals surface area contributed by atoms with Crippen molar-refractivity contribution >= 4 is 29.1 Å². The average Bonchev–Trinajstić information content (AvgIpc) is 3.27. The van der Waals surface area contributed by atoms with E-state index in [1.165, 1.54) is 0 Å². The number of thiophene rings is 1. The van der Waals surface area contributed by atoms with Crippen LogP contribution in [0.2, 0.25) is 0 Å². The summed E-state index contributed by atoms with van der Waals surface area (Å²) in [7, 11) is 0. The van der Waals surface area contributed by atoms with Crippen molar-refractivity contribution in [3.63, 3.8) is 0 Å². The number of hydrogen-bond donors (Lipinski definition) is 1. The minimum Gasteiger partial charge on any atom is -0.352 e. The van der Waals surface area contributed by atoms with Gasteiger partial charge in [0.2, 0.25) is 17.7 Å². The van der Waals surface area contributed by atoms with Crippen molar-refractivity contribution in [1.29, 1.82) is 0 Å². The van der Waals surface area contributed by atoms with Crippen LogP contribution in [0.15, 0.2) is 35.3 Å². The zero-order valence-electron chi connectivity index (χ0n) is 12.3. The molecule has 1 aliphatic rings. The molecule has 23 heavy (non-hydrogen) atoms. The highest BCUT2D eigenvalue weighted by Gasteiger charge is 2.30. The first-order chi connectivity index (χ1) is 11.1. The van der Waals surface area contributed by atoms with Crippen LogP contribution >= 0.6 is 11.3 Å². The largest absolute Gasteiger partial charge is 0.352 e. The summed E-state index contributed by atoms with van der Waals surface area (Å²) in [5.41, 5.74) is 1.05. The topological polar surface area (TPSA) is 84.3 Å². The molecule has 0 aliphatic carbocycles. The van der Waals surface area contributed by atoms with Crippen LogP contribution in [0.5, 0.6) is 0 Å². The zero-order chi connectivity index (χ0) is 16.2. The average molecular weight is 332 g/mol. The lowest BCUT2D eigenvalue weighted by atomic mass is 10.1. The maximum absolute atomic E-state index is 12.0. The predicted molar refractivity (Wildman–Crippen MR) is 83.6 cm³/mol. The van der Waals surface area contributed by atoms with E-state index in [1.54, 1.807) is 22.2 Å². The Hall–Kier alpha value is -2.48. The van der Waals surface area contributed by atoms with E-state index in [0.29, 0.717) is 6.54 Å². The van der Waals surface area contributed by atoms with Gasteiger partial charge in [0.25, 0.3) is 0 Å². The fraction of sp³-hybridized carbons (Fsp3) is 0.333. The molecule has 1 fully saturated rings. The number of likely N-dealkylation sites (tertiary alicyclic amines) is 1. The SMILES string of the molecule is O=C(CN1C(=O)CCC1=O)NCC(c1ccsc1)n1cccn1. The number of carbonyl (C=O) groups excluding carboxylic acids is 3. The summed E-state index contributed by atoms with van der Waals surface area (Å²) in [6.07, 6.45) is 3.90. The van der Waals surface area contributed by atoms with Crippen LogP contribution in [-0.4, -0.2) is 45.5 Å². The van der Waals surface area contributed by atoms with Crippen molar-refractivity contribution < 1.29 is 14.4 Å². The highest BCUT2D eigenvalue weighted by molar-refractivity contribution is 7.07. The van der Waals surface area contributed by atoms with Gasteiger partial charge in [-0.3, -0.25) is 24.0 Å². The van der Waals surface area contributed by atoms with Gasteiger partial charge in [-0.2, -0.15) is 16.4 Å². The Labute approximate surface area is 136 Å². The molecule has 0 aromatic carbocycles. The lowest BCUT2D eigenvalue weighted by Crippen LogP contribution is -2.41. The molecule has 120 valence electrons. The van der Waals surface area contributed by atoms with Gasteiger partial charge in [-0.15, -0.1) is 0 Å². The van der Waals surface area contributed by atoms with E-state index in [9.17, 15) is 14.4 Å². The minimum absolute atomic E-state index is 0.120. The van der Waals surface area contributed by atoms with E-state index < -0.39 is 0 Å². The number of amides is 3. The molecular weight excluding hydrogens is 316 g/mol. The Morgan fingerprint density at radius 2 is 2.13 bits per heavy atom. The van der Waals surface area contributed by atoms with E-state index in [4.69, 9.17) is 0 Å². The molecule has 3 rings (SSSR count). The molecule has 1 aliphatic heterocycles. The first-order valence-corrected chi connectivity index (χ1v) is 8.20. The van der Waals surface area contributed by atoms with Gasteiger partial charge in [-0.25, -0.2) is 0 Å². The van der Waals surface area contributed by atoms with E-state index >= 15 is 0 Å². The third-order valence-electron chi connectivity index (χ3n) is 3.72. The summed E-state index contributed by atoms with van der Waals surface area (Å²) in [5, 5.41) is 11.0. The maximum Gasteiger partial charge on any atom is 0.240 e. The smallest absolute Gasteiger partial charge is 0.240 e. The molecule has 1 atom stereocenters. The number of carbonyl (C=O) groups is 3. The summed E-state index contributed by atoms with van der Waals surface area (Å²) < 4.78 is 1.77. The van der Waals surface area contributed by atoms with Crippen LogP contribution in [0.3, 0.4) is 0 Å². The number of imide groups is 1. The monoisotopic (exact) mass is 332 g/mol. The van der Waals surface area contributed by atoms with Gasteiger partial charge < -0.3 is 5.32 Å².